The highest BCUT2D eigenvalue weighted by molar-refractivity contribution is 7.87. The summed E-state index contributed by atoms with van der Waals surface area (Å²) in [5.41, 5.74) is 0. The second-order valence-corrected chi connectivity index (χ2v) is 5.92. The van der Waals surface area contributed by atoms with Crippen LogP contribution in [0, 0.1) is 0 Å². The summed E-state index contributed by atoms with van der Waals surface area (Å²) < 4.78 is 27.5. The molecule has 0 aromatic carbocycles. The maximum atomic E-state index is 11.7. The number of nitrogens with zero attached hydrogens (tertiary/aromatic N) is 1. The van der Waals surface area contributed by atoms with Crippen LogP contribution in [0.1, 0.15) is 26.7 Å². The molecule has 0 aromatic rings. The number of hydrogen-bond donors (Lipinski definition) is 2. The quantitative estimate of drug-likeness (QED) is 0.775. The van der Waals surface area contributed by atoms with E-state index in [9.17, 15) is 8.42 Å². The monoisotopic (exact) mass is 271 g/mol. The second kappa shape index (κ2) is 6.76. The number of rotatable bonds is 4. The minimum atomic E-state index is -3.28. The minimum Gasteiger partial charge on any atom is -0.314 e. The number of hydrogen-bond acceptors (Lipinski definition) is 3. The van der Waals surface area contributed by atoms with Gasteiger partial charge < -0.3 is 5.32 Å². The summed E-state index contributed by atoms with van der Waals surface area (Å²) in [6, 6.07) is 0.457. The summed E-state index contributed by atoms with van der Waals surface area (Å²) >= 11 is 0. The molecule has 2 unspecified atom stereocenters. The molecule has 1 heterocycles. The van der Waals surface area contributed by atoms with Crippen LogP contribution in [0.4, 0.5) is 0 Å². The zero-order valence-electron chi connectivity index (χ0n) is 10.1. The van der Waals surface area contributed by atoms with Gasteiger partial charge in [0.1, 0.15) is 0 Å². The van der Waals surface area contributed by atoms with E-state index in [2.05, 4.69) is 17.0 Å². The first-order chi connectivity index (χ1) is 6.95. The van der Waals surface area contributed by atoms with Gasteiger partial charge in [0.15, 0.2) is 0 Å². The van der Waals surface area contributed by atoms with E-state index >= 15 is 0 Å². The maximum absolute atomic E-state index is 11.7. The molecule has 0 bridgehead atoms. The van der Waals surface area contributed by atoms with Gasteiger partial charge in [0.25, 0.3) is 10.2 Å². The van der Waals surface area contributed by atoms with E-state index in [4.69, 9.17) is 0 Å². The Morgan fingerprint density at radius 2 is 2.12 bits per heavy atom. The van der Waals surface area contributed by atoms with E-state index in [0.717, 1.165) is 19.4 Å². The minimum absolute atomic E-state index is 0. The lowest BCUT2D eigenvalue weighted by Crippen LogP contribution is -2.49. The molecule has 1 aliphatic rings. The molecule has 2 N–H and O–H groups in total. The van der Waals surface area contributed by atoms with E-state index in [0.29, 0.717) is 12.6 Å². The zero-order chi connectivity index (χ0) is 11.5. The third-order valence-electron chi connectivity index (χ3n) is 2.79. The Balaban J connectivity index is 0.00000225. The van der Waals surface area contributed by atoms with Gasteiger partial charge in [0.05, 0.1) is 0 Å². The van der Waals surface area contributed by atoms with Crippen LogP contribution >= 0.6 is 12.4 Å². The molecular formula is C9H22ClN3O2S. The molecule has 98 valence electrons. The molecule has 2 atom stereocenters. The van der Waals surface area contributed by atoms with Crippen LogP contribution in [-0.2, 0) is 10.2 Å². The van der Waals surface area contributed by atoms with Crippen molar-refractivity contribution in [2.24, 2.45) is 0 Å². The fourth-order valence-corrected chi connectivity index (χ4v) is 2.86. The Morgan fingerprint density at radius 3 is 2.62 bits per heavy atom. The molecule has 1 fully saturated rings. The third-order valence-corrected chi connectivity index (χ3v) is 4.50. The van der Waals surface area contributed by atoms with Crippen molar-refractivity contribution in [3.63, 3.8) is 0 Å². The molecule has 0 radical (unpaired) electrons. The summed E-state index contributed by atoms with van der Waals surface area (Å²) in [4.78, 5) is 0. The van der Waals surface area contributed by atoms with Gasteiger partial charge in [-0.2, -0.15) is 17.4 Å². The van der Waals surface area contributed by atoms with Crippen molar-refractivity contribution in [2.75, 3.05) is 20.1 Å². The molecule has 0 amide bonds. The Bertz CT molecular complexity index is 297. The largest absolute Gasteiger partial charge is 0.314 e. The predicted molar refractivity (Wildman–Crippen MR) is 68.1 cm³/mol. The van der Waals surface area contributed by atoms with Gasteiger partial charge in [0.2, 0.25) is 0 Å². The van der Waals surface area contributed by atoms with Gasteiger partial charge in [-0.1, -0.05) is 6.92 Å². The van der Waals surface area contributed by atoms with E-state index in [1.165, 1.54) is 4.31 Å². The summed E-state index contributed by atoms with van der Waals surface area (Å²) in [5, 5.41) is 3.29. The van der Waals surface area contributed by atoms with Crippen LogP contribution < -0.4 is 10.0 Å². The second-order valence-electron chi connectivity index (χ2n) is 4.11. The smallest absolute Gasteiger partial charge is 0.279 e. The summed E-state index contributed by atoms with van der Waals surface area (Å²) in [6.45, 7) is 5.27. The Labute approximate surface area is 105 Å². The van der Waals surface area contributed by atoms with Crippen molar-refractivity contribution in [2.45, 2.75) is 38.8 Å². The fraction of sp³-hybridized carbons (Fsp3) is 1.00. The van der Waals surface area contributed by atoms with Crippen LogP contribution in [0.5, 0.6) is 0 Å². The van der Waals surface area contributed by atoms with E-state index in [-0.39, 0.29) is 18.4 Å². The van der Waals surface area contributed by atoms with Gasteiger partial charge in [0, 0.05) is 25.7 Å². The average molecular weight is 272 g/mol. The van der Waals surface area contributed by atoms with Crippen molar-refractivity contribution in [3.05, 3.63) is 0 Å². The molecule has 1 rings (SSSR count). The van der Waals surface area contributed by atoms with Crippen molar-refractivity contribution in [1.29, 1.82) is 0 Å². The summed E-state index contributed by atoms with van der Waals surface area (Å²) in [6.07, 6.45) is 1.72. The van der Waals surface area contributed by atoms with E-state index in [1.807, 2.05) is 6.92 Å². The molecule has 0 aromatic heterocycles. The van der Waals surface area contributed by atoms with Crippen LogP contribution in [0.2, 0.25) is 0 Å². The zero-order valence-corrected chi connectivity index (χ0v) is 11.7. The van der Waals surface area contributed by atoms with E-state index < -0.39 is 10.2 Å². The van der Waals surface area contributed by atoms with E-state index in [1.54, 1.807) is 7.05 Å². The predicted octanol–water partition coefficient (Wildman–Crippen LogP) is 0.335. The molecule has 1 saturated heterocycles. The molecule has 0 spiro atoms. The van der Waals surface area contributed by atoms with Crippen molar-refractivity contribution in [1.82, 2.24) is 14.3 Å². The first kappa shape index (κ1) is 16.1. The molecule has 0 aliphatic carbocycles. The molecule has 0 saturated carbocycles. The maximum Gasteiger partial charge on any atom is 0.279 e. The number of nitrogens with one attached hydrogen (secondary N) is 2. The SMILES string of the molecule is CCN(C)S(=O)(=O)NC1CCNC(C)C1.Cl. The van der Waals surface area contributed by atoms with Gasteiger partial charge in [-0.05, 0) is 26.3 Å². The molecular weight excluding hydrogens is 250 g/mol. The summed E-state index contributed by atoms with van der Waals surface area (Å²) in [5.74, 6) is 0. The summed E-state index contributed by atoms with van der Waals surface area (Å²) in [7, 11) is -1.69. The van der Waals surface area contributed by atoms with Crippen LogP contribution in [0.25, 0.3) is 0 Å². The van der Waals surface area contributed by atoms with Gasteiger partial charge in [-0.25, -0.2) is 0 Å². The lowest BCUT2D eigenvalue weighted by atomic mass is 10.0. The van der Waals surface area contributed by atoms with Crippen molar-refractivity contribution < 1.29 is 8.42 Å². The first-order valence-corrected chi connectivity index (χ1v) is 6.86. The Hall–Kier alpha value is 0.120. The highest BCUT2D eigenvalue weighted by atomic mass is 35.5. The molecule has 16 heavy (non-hydrogen) atoms. The van der Waals surface area contributed by atoms with Crippen LogP contribution in [0.15, 0.2) is 0 Å². The lowest BCUT2D eigenvalue weighted by Gasteiger charge is -2.29. The van der Waals surface area contributed by atoms with Crippen LogP contribution in [0.3, 0.4) is 0 Å². The fourth-order valence-electron chi connectivity index (χ4n) is 1.71. The van der Waals surface area contributed by atoms with Gasteiger partial charge >= 0.3 is 0 Å². The van der Waals surface area contributed by atoms with Crippen LogP contribution in [-0.4, -0.2) is 44.9 Å². The lowest BCUT2D eigenvalue weighted by molar-refractivity contribution is 0.353. The average Bonchev–Trinajstić information content (AvgIpc) is 2.15. The highest BCUT2D eigenvalue weighted by Gasteiger charge is 2.24. The van der Waals surface area contributed by atoms with Gasteiger partial charge in [-0.15, -0.1) is 12.4 Å². The Kier molecular flexibility index (Phi) is 6.81. The molecule has 5 nitrogen and oxygen atoms in total. The molecule has 1 aliphatic heterocycles. The number of halogens is 1. The van der Waals surface area contributed by atoms with Crippen molar-refractivity contribution in [3.8, 4) is 0 Å². The van der Waals surface area contributed by atoms with Crippen molar-refractivity contribution >= 4 is 22.6 Å². The van der Waals surface area contributed by atoms with Gasteiger partial charge in [-0.3, -0.25) is 0 Å². The third kappa shape index (κ3) is 4.55. The Morgan fingerprint density at radius 1 is 1.50 bits per heavy atom. The topological polar surface area (TPSA) is 61.4 Å². The normalized spacial score (nSPS) is 26.5. The standard InChI is InChI=1S/C9H21N3O2S.ClH/c1-4-12(3)15(13,14)11-9-5-6-10-8(2)7-9;/h8-11H,4-7H2,1-3H3;1H. The number of piperidine rings is 1. The first-order valence-electron chi connectivity index (χ1n) is 5.42. The molecule has 7 heteroatoms. The highest BCUT2D eigenvalue weighted by Crippen LogP contribution is 2.10.